The van der Waals surface area contributed by atoms with Crippen LogP contribution in [0.2, 0.25) is 0 Å². The van der Waals surface area contributed by atoms with E-state index >= 15 is 0 Å². The van der Waals surface area contributed by atoms with Crippen molar-refractivity contribution in [3.05, 3.63) is 42.2 Å². The SMILES string of the molecule is COc1ccc(S(=O)(=O)Nc2ncccn2)cc1C(C)(C)C. The van der Waals surface area contributed by atoms with Gasteiger partial charge in [0.15, 0.2) is 0 Å². The van der Waals surface area contributed by atoms with Crippen LogP contribution in [-0.4, -0.2) is 25.5 Å². The van der Waals surface area contributed by atoms with Crippen molar-refractivity contribution in [3.8, 4) is 5.75 Å². The fourth-order valence-electron chi connectivity index (χ4n) is 1.97. The molecule has 0 saturated heterocycles. The lowest BCUT2D eigenvalue weighted by molar-refractivity contribution is 0.397. The molecule has 0 atom stereocenters. The van der Waals surface area contributed by atoms with Crippen LogP contribution >= 0.6 is 0 Å². The Bertz CT molecular complexity index is 753. The van der Waals surface area contributed by atoms with Crippen molar-refractivity contribution >= 4 is 16.0 Å². The fraction of sp³-hybridized carbons (Fsp3) is 0.333. The van der Waals surface area contributed by atoms with Crippen molar-refractivity contribution < 1.29 is 13.2 Å². The highest BCUT2D eigenvalue weighted by atomic mass is 32.2. The molecule has 6 nitrogen and oxygen atoms in total. The van der Waals surface area contributed by atoms with Crippen LogP contribution in [0.4, 0.5) is 5.95 Å². The molecule has 1 heterocycles. The van der Waals surface area contributed by atoms with Gasteiger partial charge in [0.1, 0.15) is 5.75 Å². The summed E-state index contributed by atoms with van der Waals surface area (Å²) in [5.74, 6) is 0.693. The van der Waals surface area contributed by atoms with E-state index in [2.05, 4.69) is 14.7 Å². The topological polar surface area (TPSA) is 81.2 Å². The molecule has 0 aliphatic rings. The number of rotatable bonds is 4. The maximum atomic E-state index is 12.4. The molecule has 0 spiro atoms. The molecule has 1 aromatic heterocycles. The first-order valence-electron chi connectivity index (χ1n) is 6.72. The van der Waals surface area contributed by atoms with Crippen molar-refractivity contribution in [1.82, 2.24) is 9.97 Å². The number of benzene rings is 1. The van der Waals surface area contributed by atoms with E-state index in [4.69, 9.17) is 4.74 Å². The van der Waals surface area contributed by atoms with Gasteiger partial charge >= 0.3 is 0 Å². The summed E-state index contributed by atoms with van der Waals surface area (Å²) in [7, 11) is -2.19. The van der Waals surface area contributed by atoms with Gasteiger partial charge in [0.2, 0.25) is 5.95 Å². The van der Waals surface area contributed by atoms with Gasteiger partial charge in [-0.05, 0) is 29.7 Å². The first-order valence-corrected chi connectivity index (χ1v) is 8.21. The van der Waals surface area contributed by atoms with E-state index in [9.17, 15) is 8.42 Å². The largest absolute Gasteiger partial charge is 0.496 e. The number of anilines is 1. The van der Waals surface area contributed by atoms with Crippen LogP contribution in [-0.2, 0) is 15.4 Å². The van der Waals surface area contributed by atoms with Gasteiger partial charge in [-0.25, -0.2) is 23.1 Å². The minimum atomic E-state index is -3.75. The maximum absolute atomic E-state index is 12.4. The molecule has 0 aliphatic carbocycles. The molecule has 0 aliphatic heterocycles. The number of sulfonamides is 1. The molecular weight excluding hydrogens is 302 g/mol. The number of nitrogens with one attached hydrogen (secondary N) is 1. The summed E-state index contributed by atoms with van der Waals surface area (Å²) in [6, 6.07) is 6.38. The van der Waals surface area contributed by atoms with Gasteiger partial charge in [-0.2, -0.15) is 0 Å². The van der Waals surface area contributed by atoms with Gasteiger partial charge in [0.05, 0.1) is 12.0 Å². The summed E-state index contributed by atoms with van der Waals surface area (Å²) in [4.78, 5) is 7.88. The summed E-state index contributed by atoms with van der Waals surface area (Å²) in [6.45, 7) is 5.99. The van der Waals surface area contributed by atoms with E-state index in [1.165, 1.54) is 18.5 Å². The van der Waals surface area contributed by atoms with Crippen LogP contribution in [0.15, 0.2) is 41.6 Å². The second-order valence-electron chi connectivity index (χ2n) is 5.79. The molecule has 0 amide bonds. The summed E-state index contributed by atoms with van der Waals surface area (Å²) >= 11 is 0. The minimum absolute atomic E-state index is 0.0376. The van der Waals surface area contributed by atoms with Crippen molar-refractivity contribution in [2.45, 2.75) is 31.1 Å². The zero-order chi connectivity index (χ0) is 16.4. The summed E-state index contributed by atoms with van der Waals surface area (Å²) in [5.41, 5.74) is 0.562. The molecule has 2 aromatic rings. The Morgan fingerprint density at radius 3 is 2.32 bits per heavy atom. The van der Waals surface area contributed by atoms with Crippen LogP contribution in [0.3, 0.4) is 0 Å². The van der Waals surface area contributed by atoms with Gasteiger partial charge in [-0.15, -0.1) is 0 Å². The normalized spacial score (nSPS) is 12.0. The van der Waals surface area contributed by atoms with Gasteiger partial charge in [0.25, 0.3) is 10.0 Å². The highest BCUT2D eigenvalue weighted by molar-refractivity contribution is 7.92. The smallest absolute Gasteiger partial charge is 0.264 e. The van der Waals surface area contributed by atoms with Crippen molar-refractivity contribution in [3.63, 3.8) is 0 Å². The molecule has 0 fully saturated rings. The van der Waals surface area contributed by atoms with E-state index in [1.54, 1.807) is 25.3 Å². The zero-order valence-corrected chi connectivity index (χ0v) is 13.8. The van der Waals surface area contributed by atoms with E-state index in [0.29, 0.717) is 5.75 Å². The number of hydrogen-bond acceptors (Lipinski definition) is 5. The van der Waals surface area contributed by atoms with Crippen LogP contribution in [0, 0.1) is 0 Å². The average Bonchev–Trinajstić information content (AvgIpc) is 2.46. The van der Waals surface area contributed by atoms with Crippen molar-refractivity contribution in [2.24, 2.45) is 0 Å². The Morgan fingerprint density at radius 1 is 1.14 bits per heavy atom. The van der Waals surface area contributed by atoms with E-state index in [0.717, 1.165) is 5.56 Å². The van der Waals surface area contributed by atoms with Gasteiger partial charge in [-0.1, -0.05) is 20.8 Å². The Labute approximate surface area is 130 Å². The minimum Gasteiger partial charge on any atom is -0.496 e. The molecule has 7 heteroatoms. The Morgan fingerprint density at radius 2 is 1.77 bits per heavy atom. The highest BCUT2D eigenvalue weighted by Crippen LogP contribution is 2.33. The van der Waals surface area contributed by atoms with Gasteiger partial charge in [-0.3, -0.25) is 0 Å². The molecule has 0 radical (unpaired) electrons. The second kappa shape index (κ2) is 5.92. The number of ether oxygens (including phenoxy) is 1. The Hall–Kier alpha value is -2.15. The number of hydrogen-bond donors (Lipinski definition) is 1. The monoisotopic (exact) mass is 321 g/mol. The molecular formula is C15H19N3O3S. The number of aromatic nitrogens is 2. The quantitative estimate of drug-likeness (QED) is 0.936. The van der Waals surface area contributed by atoms with Gasteiger partial charge in [0, 0.05) is 18.0 Å². The number of methoxy groups -OCH3 is 1. The van der Waals surface area contributed by atoms with Crippen LogP contribution in [0.5, 0.6) is 5.75 Å². The first-order chi connectivity index (χ1) is 10.2. The molecule has 0 bridgehead atoms. The summed E-state index contributed by atoms with van der Waals surface area (Å²) in [5, 5.41) is 0. The molecule has 2 rings (SSSR count). The van der Waals surface area contributed by atoms with E-state index < -0.39 is 10.0 Å². The number of nitrogens with zero attached hydrogens (tertiary/aromatic N) is 2. The average molecular weight is 321 g/mol. The highest BCUT2D eigenvalue weighted by Gasteiger charge is 2.23. The first kappa shape index (κ1) is 16.2. The third-order valence-electron chi connectivity index (χ3n) is 3.08. The maximum Gasteiger partial charge on any atom is 0.264 e. The lowest BCUT2D eigenvalue weighted by Gasteiger charge is -2.22. The summed E-state index contributed by atoms with van der Waals surface area (Å²) in [6.07, 6.45) is 2.94. The van der Waals surface area contributed by atoms with Gasteiger partial charge < -0.3 is 4.74 Å². The van der Waals surface area contributed by atoms with Crippen LogP contribution in [0.25, 0.3) is 0 Å². The third-order valence-corrected chi connectivity index (χ3v) is 4.41. The molecule has 1 N–H and O–H groups in total. The lowest BCUT2D eigenvalue weighted by Crippen LogP contribution is -2.18. The summed E-state index contributed by atoms with van der Waals surface area (Å²) < 4.78 is 32.6. The lowest BCUT2D eigenvalue weighted by atomic mass is 9.86. The second-order valence-corrected chi connectivity index (χ2v) is 7.47. The predicted octanol–water partition coefficient (Wildman–Crippen LogP) is 2.58. The molecule has 0 unspecified atom stereocenters. The zero-order valence-electron chi connectivity index (χ0n) is 13.0. The van der Waals surface area contributed by atoms with Crippen molar-refractivity contribution in [1.29, 1.82) is 0 Å². The molecule has 118 valence electrons. The van der Waals surface area contributed by atoms with Crippen LogP contribution in [0.1, 0.15) is 26.3 Å². The van der Waals surface area contributed by atoms with Crippen LogP contribution < -0.4 is 9.46 Å². The molecule has 0 saturated carbocycles. The molecule has 1 aromatic carbocycles. The third kappa shape index (κ3) is 3.54. The Kier molecular flexibility index (Phi) is 4.37. The van der Waals surface area contributed by atoms with E-state index in [-0.39, 0.29) is 16.3 Å². The van der Waals surface area contributed by atoms with Crippen molar-refractivity contribution in [2.75, 3.05) is 11.8 Å². The molecule has 22 heavy (non-hydrogen) atoms. The predicted molar refractivity (Wildman–Crippen MR) is 84.5 cm³/mol. The fourth-order valence-corrected chi connectivity index (χ4v) is 2.96. The Balaban J connectivity index is 2.44. The van der Waals surface area contributed by atoms with E-state index in [1.807, 2.05) is 20.8 Å². The standard InChI is InChI=1S/C15H19N3O3S/c1-15(2,3)12-10-11(6-7-13(12)21-4)22(19,20)18-14-16-8-5-9-17-14/h5-10H,1-4H3,(H,16,17,18).